The Bertz CT molecular complexity index is 37.1. The molecule has 0 atom stereocenters. The summed E-state index contributed by atoms with van der Waals surface area (Å²) in [7, 11) is 0. The number of nitrogens with one attached hydrogen (secondary N) is 1. The van der Waals surface area contributed by atoms with Crippen LogP contribution in [-0.4, -0.2) is 25.1 Å². The fourth-order valence-corrected chi connectivity index (χ4v) is 0.306. The maximum atomic E-state index is 6.58. The molecule has 1 nitrogen and oxygen atoms in total. The van der Waals surface area contributed by atoms with Gasteiger partial charge in [-0.05, 0) is 19.1 Å². The number of unbranched alkanes of at least 4 members (excludes halogenated alkanes) is 2. The summed E-state index contributed by atoms with van der Waals surface area (Å²) < 4.78 is 0. The molecule has 1 N–H and O–H groups in total. The van der Waals surface area contributed by atoms with Crippen molar-refractivity contribution in [1.82, 2.24) is 0 Å². The molecule has 0 aromatic heterocycles. The van der Waals surface area contributed by atoms with E-state index in [9.17, 15) is 0 Å². The summed E-state index contributed by atoms with van der Waals surface area (Å²) in [4.78, 5) is 0. The summed E-state index contributed by atoms with van der Waals surface area (Å²) in [5.41, 5.74) is 0. The monoisotopic (exact) mass is 93.1 g/mol. The molecule has 0 saturated heterocycles. The zero-order valence-corrected chi connectivity index (χ0v) is 4.20. The summed E-state index contributed by atoms with van der Waals surface area (Å²) in [5, 5.41) is 6.58. The quantitative estimate of drug-likeness (QED) is 0.308. The van der Waals surface area contributed by atoms with Gasteiger partial charge in [-0.3, -0.25) is 0 Å². The zero-order valence-electron chi connectivity index (χ0n) is 4.20. The molecule has 0 fully saturated rings. The van der Waals surface area contributed by atoms with Crippen LogP contribution in [0.4, 0.5) is 0 Å². The zero-order chi connectivity index (χ0) is 4.83. The van der Waals surface area contributed by atoms with E-state index in [1.54, 1.807) is 0 Å². The van der Waals surface area contributed by atoms with Crippen molar-refractivity contribution in [3.63, 3.8) is 0 Å². The molecule has 38 valence electrons. The van der Waals surface area contributed by atoms with E-state index in [4.69, 9.17) is 5.41 Å². The Morgan fingerprint density at radius 3 is 2.29 bits per heavy atom. The first-order chi connectivity index (χ1) is 2.91. The molecule has 0 aliphatic carbocycles. The molecule has 0 bridgehead atoms. The number of hydrogen-bond donors (Lipinski definition) is 1. The summed E-state index contributed by atoms with van der Waals surface area (Å²) >= 11 is 0. The number of rotatable bonds is 3. The second-order valence-corrected chi connectivity index (χ2v) is 1.35. The van der Waals surface area contributed by atoms with Crippen LogP contribution in [0.3, 0.4) is 0 Å². The Hall–Kier alpha value is 0.267. The van der Waals surface area contributed by atoms with Gasteiger partial charge in [0.05, 0.1) is 0 Å². The average Bonchev–Trinajstić information content (AvgIpc) is 1.61. The summed E-state index contributed by atoms with van der Waals surface area (Å²) in [5.74, 6) is 0. The van der Waals surface area contributed by atoms with Gasteiger partial charge in [0.25, 0.3) is 0 Å². The van der Waals surface area contributed by atoms with E-state index >= 15 is 0 Å². The van der Waals surface area contributed by atoms with Crippen LogP contribution in [0.25, 0.3) is 0 Å². The summed E-state index contributed by atoms with van der Waals surface area (Å²) in [6.45, 7) is 2.13. The summed E-state index contributed by atoms with van der Waals surface area (Å²) in [6.07, 6.45) is 4.79. The van der Waals surface area contributed by atoms with Crippen LogP contribution in [0.5, 0.6) is 0 Å². The predicted octanol–water partition coefficient (Wildman–Crippen LogP) is 1.18. The van der Waals surface area contributed by atoms with Crippen LogP contribution in [0.2, 0.25) is 0 Å². The van der Waals surface area contributed by atoms with Crippen molar-refractivity contribution in [2.45, 2.75) is 26.2 Å². The third-order valence-electron chi connectivity index (χ3n) is 0.702. The van der Waals surface area contributed by atoms with E-state index in [0.29, 0.717) is 0 Å². The molecule has 0 aromatic rings. The fraction of sp³-hybridized carbons (Fsp3) is 0.800. The minimum absolute atomic E-state index is 0. The normalized spacial score (nSPS) is 7.00. The van der Waals surface area contributed by atoms with Crippen LogP contribution >= 0.6 is 0 Å². The maximum absolute atomic E-state index is 6.58. The van der Waals surface area contributed by atoms with Gasteiger partial charge in [-0.2, -0.15) is 0 Å². The molecule has 7 heavy (non-hydrogen) atoms. The molecule has 0 rings (SSSR count). The Balaban J connectivity index is 0. The van der Waals surface area contributed by atoms with Crippen LogP contribution < -0.4 is 0 Å². The first-order valence-corrected chi connectivity index (χ1v) is 2.40. The van der Waals surface area contributed by atoms with Gasteiger partial charge < -0.3 is 5.41 Å². The molecule has 0 aliphatic rings. The molecule has 2 heteroatoms. The molecule has 0 heterocycles. The molecule has 0 spiro atoms. The molecule has 0 radical (unpaired) electrons. The Morgan fingerprint density at radius 2 is 2.14 bits per heavy atom. The van der Waals surface area contributed by atoms with E-state index in [-0.39, 0.29) is 18.9 Å². The second-order valence-electron chi connectivity index (χ2n) is 1.35. The topological polar surface area (TPSA) is 23.9 Å². The van der Waals surface area contributed by atoms with Gasteiger partial charge >= 0.3 is 18.9 Å². The van der Waals surface area contributed by atoms with Crippen molar-refractivity contribution in [3.8, 4) is 0 Å². The van der Waals surface area contributed by atoms with Crippen LogP contribution in [-0.2, 0) is 0 Å². The van der Waals surface area contributed by atoms with Crippen molar-refractivity contribution in [2.24, 2.45) is 0 Å². The van der Waals surface area contributed by atoms with Gasteiger partial charge in [-0.25, -0.2) is 0 Å². The predicted molar refractivity (Wildman–Crippen MR) is 35.5 cm³/mol. The Morgan fingerprint density at radius 1 is 1.57 bits per heavy atom. The Kier molecular flexibility index (Phi) is 14.0. The Labute approximate surface area is 57.2 Å². The molecule has 0 saturated carbocycles. The molecular formula is C5H12LiN. The average molecular weight is 93.1 g/mol. The molecule has 0 aliphatic heterocycles. The molecular weight excluding hydrogens is 81.0 g/mol. The van der Waals surface area contributed by atoms with Gasteiger partial charge in [0.15, 0.2) is 0 Å². The van der Waals surface area contributed by atoms with Gasteiger partial charge in [-0.1, -0.05) is 13.3 Å². The van der Waals surface area contributed by atoms with E-state index in [0.717, 1.165) is 6.42 Å². The summed E-state index contributed by atoms with van der Waals surface area (Å²) in [6, 6.07) is 0. The van der Waals surface area contributed by atoms with Crippen molar-refractivity contribution < 1.29 is 0 Å². The van der Waals surface area contributed by atoms with Crippen molar-refractivity contribution >= 4 is 25.1 Å². The van der Waals surface area contributed by atoms with Gasteiger partial charge in [-0.15, -0.1) is 0 Å². The minimum atomic E-state index is 0. The third kappa shape index (κ3) is 10.7. The second kappa shape index (κ2) is 9.55. The van der Waals surface area contributed by atoms with Crippen molar-refractivity contribution in [1.29, 1.82) is 5.41 Å². The standard InChI is InChI=1S/C5H11N.Li.H/c1-2-3-4-5-6;;/h5-6H,2-4H2,1H3;;. The first-order valence-electron chi connectivity index (χ1n) is 2.40. The van der Waals surface area contributed by atoms with Gasteiger partial charge in [0, 0.05) is 0 Å². The van der Waals surface area contributed by atoms with E-state index in [2.05, 4.69) is 6.92 Å². The van der Waals surface area contributed by atoms with Crippen LogP contribution in [0, 0.1) is 5.41 Å². The van der Waals surface area contributed by atoms with Crippen LogP contribution in [0.1, 0.15) is 26.2 Å². The molecule has 0 aromatic carbocycles. The van der Waals surface area contributed by atoms with Gasteiger partial charge in [0.1, 0.15) is 0 Å². The number of hydrogen-bond acceptors (Lipinski definition) is 1. The van der Waals surface area contributed by atoms with E-state index in [1.165, 1.54) is 19.1 Å². The molecule has 0 unspecified atom stereocenters. The SMILES string of the molecule is CCCCC=N.[LiH]. The van der Waals surface area contributed by atoms with E-state index < -0.39 is 0 Å². The first kappa shape index (κ1) is 10.3. The van der Waals surface area contributed by atoms with Crippen molar-refractivity contribution in [3.05, 3.63) is 0 Å². The van der Waals surface area contributed by atoms with Gasteiger partial charge in [0.2, 0.25) is 0 Å². The van der Waals surface area contributed by atoms with Crippen molar-refractivity contribution in [2.75, 3.05) is 0 Å². The van der Waals surface area contributed by atoms with Crippen LogP contribution in [0.15, 0.2) is 0 Å². The van der Waals surface area contributed by atoms with E-state index in [1.807, 2.05) is 0 Å². The third-order valence-corrected chi connectivity index (χ3v) is 0.702. The fourth-order valence-electron chi connectivity index (χ4n) is 0.306. The molecule has 0 amide bonds.